The molecule has 2 aromatic rings. The lowest BCUT2D eigenvalue weighted by atomic mass is 9.91. The third kappa shape index (κ3) is 6.78. The molecule has 2 aromatic heterocycles. The summed E-state index contributed by atoms with van der Waals surface area (Å²) in [7, 11) is 0. The van der Waals surface area contributed by atoms with Crippen LogP contribution in [-0.2, 0) is 4.74 Å². The molecule has 2 rings (SSSR count). The monoisotopic (exact) mass is 405 g/mol. The predicted molar refractivity (Wildman–Crippen MR) is 113 cm³/mol. The van der Waals surface area contributed by atoms with Gasteiger partial charge in [0.05, 0.1) is 10.4 Å². The fourth-order valence-corrected chi connectivity index (χ4v) is 3.82. The zero-order valence-electron chi connectivity index (χ0n) is 17.8. The number of nitrogens with zero attached hydrogens (tertiary/aromatic N) is 2. The highest BCUT2D eigenvalue weighted by Crippen LogP contribution is 2.32. The molecule has 0 aliphatic carbocycles. The van der Waals surface area contributed by atoms with E-state index in [4.69, 9.17) is 9.47 Å². The van der Waals surface area contributed by atoms with E-state index in [2.05, 4.69) is 29.1 Å². The number of thiazole rings is 1. The van der Waals surface area contributed by atoms with Gasteiger partial charge in [-0.05, 0) is 59.1 Å². The number of aryl methyl sites for hydroxylation is 1. The van der Waals surface area contributed by atoms with Gasteiger partial charge in [-0.25, -0.2) is 9.78 Å². The number of carbonyl (C=O) groups excluding carboxylic acids is 1. The van der Waals surface area contributed by atoms with Crippen LogP contribution in [0.1, 0.15) is 52.8 Å². The Labute approximate surface area is 171 Å². The number of alkyl carbamates (subject to hydrolysis) is 1. The average Bonchev–Trinajstić information content (AvgIpc) is 2.92. The standard InChI is InChI=1S/C21H31N3O3S/c1-14(2)12-21(7,24-19(25)27-20(4,5)6)13-26-17-15(3)28-18(23-17)16-8-10-22-11-9-16/h8-11,14H,12-13H2,1-7H3,(H,24,25)/t21-/m0/s1. The second-order valence-corrected chi connectivity index (χ2v) is 9.89. The Kier molecular flexibility index (Phi) is 7.04. The lowest BCUT2D eigenvalue weighted by Crippen LogP contribution is -2.52. The van der Waals surface area contributed by atoms with E-state index in [1.807, 2.05) is 46.8 Å². The fraction of sp³-hybridized carbons (Fsp3) is 0.571. The molecule has 0 spiro atoms. The Hall–Kier alpha value is -2.15. The van der Waals surface area contributed by atoms with Crippen LogP contribution in [0.3, 0.4) is 0 Å². The Morgan fingerprint density at radius 3 is 2.43 bits per heavy atom. The molecular weight excluding hydrogens is 374 g/mol. The van der Waals surface area contributed by atoms with Crippen LogP contribution in [0.15, 0.2) is 24.5 Å². The van der Waals surface area contributed by atoms with Crippen molar-refractivity contribution >= 4 is 17.4 Å². The van der Waals surface area contributed by atoms with Gasteiger partial charge in [-0.3, -0.25) is 4.98 Å². The number of nitrogens with one attached hydrogen (secondary N) is 1. The van der Waals surface area contributed by atoms with Crippen LogP contribution in [0.5, 0.6) is 5.88 Å². The largest absolute Gasteiger partial charge is 0.474 e. The van der Waals surface area contributed by atoms with Crippen molar-refractivity contribution in [2.75, 3.05) is 6.61 Å². The molecule has 0 aliphatic heterocycles. The molecule has 6 nitrogen and oxygen atoms in total. The quantitative estimate of drug-likeness (QED) is 0.683. The molecule has 0 saturated heterocycles. The van der Waals surface area contributed by atoms with Crippen LogP contribution in [0.25, 0.3) is 10.6 Å². The molecule has 0 bridgehead atoms. The number of hydrogen-bond acceptors (Lipinski definition) is 6. The molecule has 0 aliphatic rings. The maximum Gasteiger partial charge on any atom is 0.408 e. The van der Waals surface area contributed by atoms with Gasteiger partial charge in [0.1, 0.15) is 17.2 Å². The average molecular weight is 406 g/mol. The summed E-state index contributed by atoms with van der Waals surface area (Å²) < 4.78 is 11.5. The van der Waals surface area contributed by atoms with Crippen molar-refractivity contribution in [3.63, 3.8) is 0 Å². The Morgan fingerprint density at radius 1 is 1.21 bits per heavy atom. The molecule has 7 heteroatoms. The van der Waals surface area contributed by atoms with Crippen LogP contribution in [0, 0.1) is 12.8 Å². The Bertz CT molecular complexity index is 784. The normalized spacial score (nSPS) is 13.9. The smallest absolute Gasteiger partial charge is 0.408 e. The molecular formula is C21H31N3O3S. The van der Waals surface area contributed by atoms with E-state index in [0.717, 1.165) is 21.9 Å². The summed E-state index contributed by atoms with van der Waals surface area (Å²) in [5, 5.41) is 3.88. The molecule has 0 fully saturated rings. The summed E-state index contributed by atoms with van der Waals surface area (Å²) in [5.74, 6) is 0.977. The molecule has 1 N–H and O–H groups in total. The molecule has 28 heavy (non-hydrogen) atoms. The maximum atomic E-state index is 12.3. The summed E-state index contributed by atoms with van der Waals surface area (Å²) in [6.07, 6.45) is 3.81. The van der Waals surface area contributed by atoms with E-state index >= 15 is 0 Å². The lowest BCUT2D eigenvalue weighted by Gasteiger charge is -2.33. The van der Waals surface area contributed by atoms with Gasteiger partial charge < -0.3 is 14.8 Å². The molecule has 0 unspecified atom stereocenters. The van der Waals surface area contributed by atoms with Crippen LogP contribution >= 0.6 is 11.3 Å². The van der Waals surface area contributed by atoms with Crippen LogP contribution in [0.4, 0.5) is 4.79 Å². The highest BCUT2D eigenvalue weighted by Gasteiger charge is 2.31. The van der Waals surface area contributed by atoms with E-state index in [1.54, 1.807) is 23.7 Å². The van der Waals surface area contributed by atoms with Crippen molar-refractivity contribution in [1.29, 1.82) is 0 Å². The minimum absolute atomic E-state index is 0.310. The van der Waals surface area contributed by atoms with Gasteiger partial charge in [0, 0.05) is 18.0 Å². The molecule has 0 aromatic carbocycles. The highest BCUT2D eigenvalue weighted by molar-refractivity contribution is 7.15. The number of ether oxygens (including phenoxy) is 2. The summed E-state index contributed by atoms with van der Waals surface area (Å²) in [6.45, 7) is 14.0. The first-order valence-corrected chi connectivity index (χ1v) is 10.3. The van der Waals surface area contributed by atoms with E-state index in [-0.39, 0.29) is 0 Å². The zero-order chi connectivity index (χ0) is 20.9. The van der Waals surface area contributed by atoms with Gasteiger partial charge >= 0.3 is 6.09 Å². The molecule has 2 heterocycles. The summed E-state index contributed by atoms with van der Waals surface area (Å²) in [5.41, 5.74) is -0.104. The van der Waals surface area contributed by atoms with Crippen molar-refractivity contribution in [1.82, 2.24) is 15.3 Å². The lowest BCUT2D eigenvalue weighted by molar-refractivity contribution is 0.0406. The first kappa shape index (κ1) is 22.1. The van der Waals surface area contributed by atoms with Gasteiger partial charge in [0.25, 0.3) is 0 Å². The van der Waals surface area contributed by atoms with Crippen molar-refractivity contribution in [3.8, 4) is 16.5 Å². The van der Waals surface area contributed by atoms with Crippen LogP contribution in [0.2, 0.25) is 0 Å². The minimum Gasteiger partial charge on any atom is -0.474 e. The summed E-state index contributed by atoms with van der Waals surface area (Å²) in [4.78, 5) is 22.0. The summed E-state index contributed by atoms with van der Waals surface area (Å²) >= 11 is 1.58. The fourth-order valence-electron chi connectivity index (χ4n) is 2.96. The van der Waals surface area contributed by atoms with Crippen molar-refractivity contribution in [3.05, 3.63) is 29.4 Å². The SMILES string of the molecule is Cc1sc(-c2ccncc2)nc1OC[C@](C)(CC(C)C)NC(=O)OC(C)(C)C. The molecule has 1 amide bonds. The third-order valence-corrected chi connectivity index (χ3v) is 4.87. The topological polar surface area (TPSA) is 73.3 Å². The van der Waals surface area contributed by atoms with Gasteiger partial charge in [0.2, 0.25) is 5.88 Å². The van der Waals surface area contributed by atoms with Crippen molar-refractivity contribution in [2.45, 2.75) is 66.0 Å². The Balaban J connectivity index is 2.11. The van der Waals surface area contributed by atoms with E-state index < -0.39 is 17.2 Å². The second kappa shape index (κ2) is 8.90. The number of aromatic nitrogens is 2. The van der Waals surface area contributed by atoms with Crippen LogP contribution < -0.4 is 10.1 Å². The van der Waals surface area contributed by atoms with E-state index in [1.165, 1.54) is 0 Å². The van der Waals surface area contributed by atoms with Crippen molar-refractivity contribution < 1.29 is 14.3 Å². The van der Waals surface area contributed by atoms with Crippen LogP contribution in [-0.4, -0.2) is 33.8 Å². The second-order valence-electron chi connectivity index (χ2n) is 8.69. The third-order valence-electron chi connectivity index (χ3n) is 3.87. The highest BCUT2D eigenvalue weighted by atomic mass is 32.1. The zero-order valence-corrected chi connectivity index (χ0v) is 18.6. The first-order valence-electron chi connectivity index (χ1n) is 9.49. The van der Waals surface area contributed by atoms with Gasteiger partial charge in [-0.15, -0.1) is 11.3 Å². The number of amides is 1. The maximum absolute atomic E-state index is 12.3. The molecule has 1 atom stereocenters. The number of pyridine rings is 1. The van der Waals surface area contributed by atoms with E-state index in [9.17, 15) is 4.79 Å². The number of rotatable bonds is 7. The Morgan fingerprint density at radius 2 is 1.86 bits per heavy atom. The molecule has 0 saturated carbocycles. The number of hydrogen-bond donors (Lipinski definition) is 1. The minimum atomic E-state index is -0.566. The predicted octanol–water partition coefficient (Wildman–Crippen LogP) is 5.22. The molecule has 154 valence electrons. The first-order chi connectivity index (χ1) is 13.0. The number of carbonyl (C=O) groups is 1. The summed E-state index contributed by atoms with van der Waals surface area (Å²) in [6, 6.07) is 3.85. The molecule has 0 radical (unpaired) electrons. The van der Waals surface area contributed by atoms with E-state index in [0.29, 0.717) is 18.4 Å². The van der Waals surface area contributed by atoms with Gasteiger partial charge in [-0.1, -0.05) is 13.8 Å². The van der Waals surface area contributed by atoms with Crippen molar-refractivity contribution in [2.24, 2.45) is 5.92 Å². The van der Waals surface area contributed by atoms with Gasteiger partial charge in [0.15, 0.2) is 0 Å². The van der Waals surface area contributed by atoms with Gasteiger partial charge in [-0.2, -0.15) is 0 Å².